The Kier molecular flexibility index (Phi) is 6.97. The molecule has 0 aliphatic carbocycles. The maximum absolute atomic E-state index is 12.6. The number of aryl methyl sites for hydroxylation is 2. The third kappa shape index (κ3) is 5.00. The number of rotatable bonds is 8. The fourth-order valence-corrected chi connectivity index (χ4v) is 4.89. The molecule has 0 fully saturated rings. The molecule has 0 saturated carbocycles. The number of carbonyl (C=O) groups is 1. The molecular weight excluding hydrogens is 404 g/mol. The van der Waals surface area contributed by atoms with Crippen LogP contribution in [0.5, 0.6) is 0 Å². The molecule has 29 heavy (non-hydrogen) atoms. The van der Waals surface area contributed by atoms with Crippen LogP contribution in [0, 0.1) is 13.8 Å². The van der Waals surface area contributed by atoms with Gasteiger partial charge in [0.1, 0.15) is 4.83 Å². The van der Waals surface area contributed by atoms with Gasteiger partial charge in [-0.05, 0) is 38.0 Å². The molecule has 8 heteroatoms. The lowest BCUT2D eigenvalue weighted by Crippen LogP contribution is -2.29. The number of aromatic nitrogens is 2. The van der Waals surface area contributed by atoms with Crippen LogP contribution >= 0.6 is 23.1 Å². The summed E-state index contributed by atoms with van der Waals surface area (Å²) < 4.78 is 1.54. The minimum Gasteiger partial charge on any atom is -0.375 e. The zero-order valence-corrected chi connectivity index (χ0v) is 18.8. The molecule has 0 spiro atoms. The van der Waals surface area contributed by atoms with Crippen molar-refractivity contribution in [3.05, 3.63) is 51.1 Å². The monoisotopic (exact) mass is 430 g/mol. The van der Waals surface area contributed by atoms with Gasteiger partial charge >= 0.3 is 0 Å². The van der Waals surface area contributed by atoms with Crippen molar-refractivity contribution in [2.24, 2.45) is 7.05 Å². The van der Waals surface area contributed by atoms with E-state index in [4.69, 9.17) is 0 Å². The Morgan fingerprint density at radius 3 is 2.72 bits per heavy atom. The molecule has 1 amide bonds. The first-order valence-corrected chi connectivity index (χ1v) is 11.3. The van der Waals surface area contributed by atoms with Gasteiger partial charge in [0.2, 0.25) is 5.91 Å². The Morgan fingerprint density at radius 2 is 2.00 bits per heavy atom. The molecule has 0 aliphatic rings. The van der Waals surface area contributed by atoms with Crippen LogP contribution in [0.25, 0.3) is 10.2 Å². The number of para-hydroxylation sites is 1. The van der Waals surface area contributed by atoms with Crippen LogP contribution in [0.15, 0.2) is 40.3 Å². The van der Waals surface area contributed by atoms with E-state index in [1.54, 1.807) is 7.05 Å². The van der Waals surface area contributed by atoms with Crippen LogP contribution in [0.2, 0.25) is 0 Å². The summed E-state index contributed by atoms with van der Waals surface area (Å²) in [7, 11) is 3.75. The largest absolute Gasteiger partial charge is 0.375 e. The number of hydrogen-bond donors (Lipinski definition) is 1. The minimum absolute atomic E-state index is 0.0507. The fraction of sp³-hybridized carbons (Fsp3) is 0.381. The van der Waals surface area contributed by atoms with Crippen LogP contribution in [0.1, 0.15) is 16.9 Å². The maximum atomic E-state index is 12.6. The standard InChI is InChI=1S/C21H26N4O2S2/c1-14-15(2)29-19-18(14)20(27)25(4)21(23-19)28-13-17(26)22-11-8-12-24(3)16-9-6-5-7-10-16/h5-7,9-10H,8,11-13H2,1-4H3,(H,22,26). The summed E-state index contributed by atoms with van der Waals surface area (Å²) in [4.78, 5) is 33.4. The molecule has 0 atom stereocenters. The van der Waals surface area contributed by atoms with Gasteiger partial charge in [-0.3, -0.25) is 14.2 Å². The molecule has 3 aromatic rings. The van der Waals surface area contributed by atoms with Crippen molar-refractivity contribution in [1.82, 2.24) is 14.9 Å². The molecule has 1 aromatic carbocycles. The van der Waals surface area contributed by atoms with Crippen molar-refractivity contribution >= 4 is 44.9 Å². The first kappa shape index (κ1) is 21.4. The molecule has 154 valence electrons. The summed E-state index contributed by atoms with van der Waals surface area (Å²) in [5, 5.41) is 4.20. The van der Waals surface area contributed by atoms with E-state index in [1.807, 2.05) is 39.1 Å². The molecule has 3 rings (SSSR count). The van der Waals surface area contributed by atoms with Crippen LogP contribution < -0.4 is 15.8 Å². The van der Waals surface area contributed by atoms with Crippen molar-refractivity contribution in [1.29, 1.82) is 0 Å². The minimum atomic E-state index is -0.0521. The normalized spacial score (nSPS) is 11.0. The Bertz CT molecular complexity index is 1060. The molecule has 1 N–H and O–H groups in total. The number of thioether (sulfide) groups is 1. The molecule has 0 bridgehead atoms. The summed E-state index contributed by atoms with van der Waals surface area (Å²) in [6.45, 7) is 5.43. The van der Waals surface area contributed by atoms with E-state index >= 15 is 0 Å². The lowest BCUT2D eigenvalue weighted by atomic mass is 10.2. The Hall–Kier alpha value is -2.32. The fourth-order valence-electron chi connectivity index (χ4n) is 3.02. The van der Waals surface area contributed by atoms with Gasteiger partial charge in [-0.2, -0.15) is 0 Å². The molecular formula is C21H26N4O2S2. The van der Waals surface area contributed by atoms with Gasteiger partial charge in [0.25, 0.3) is 5.56 Å². The lowest BCUT2D eigenvalue weighted by Gasteiger charge is -2.19. The first-order chi connectivity index (χ1) is 13.9. The number of hydrogen-bond acceptors (Lipinski definition) is 6. The van der Waals surface area contributed by atoms with Crippen molar-refractivity contribution in [3.8, 4) is 0 Å². The van der Waals surface area contributed by atoms with E-state index in [-0.39, 0.29) is 17.2 Å². The summed E-state index contributed by atoms with van der Waals surface area (Å²) in [5.41, 5.74) is 2.10. The second kappa shape index (κ2) is 9.45. The van der Waals surface area contributed by atoms with Gasteiger partial charge in [0.15, 0.2) is 5.16 Å². The zero-order chi connectivity index (χ0) is 21.0. The Morgan fingerprint density at radius 1 is 1.28 bits per heavy atom. The van der Waals surface area contributed by atoms with Crippen LogP contribution in [-0.2, 0) is 11.8 Å². The third-order valence-electron chi connectivity index (χ3n) is 4.89. The maximum Gasteiger partial charge on any atom is 0.262 e. The first-order valence-electron chi connectivity index (χ1n) is 9.51. The highest BCUT2D eigenvalue weighted by molar-refractivity contribution is 7.99. The highest BCUT2D eigenvalue weighted by Crippen LogP contribution is 2.27. The smallest absolute Gasteiger partial charge is 0.262 e. The molecule has 0 radical (unpaired) electrons. The summed E-state index contributed by atoms with van der Waals surface area (Å²) >= 11 is 2.82. The van der Waals surface area contributed by atoms with Crippen LogP contribution in [0.3, 0.4) is 0 Å². The number of benzene rings is 1. The van der Waals surface area contributed by atoms with Crippen molar-refractivity contribution < 1.29 is 4.79 Å². The zero-order valence-electron chi connectivity index (χ0n) is 17.2. The molecule has 2 aromatic heterocycles. The predicted octanol–water partition coefficient (Wildman–Crippen LogP) is 3.35. The molecule has 0 unspecified atom stereocenters. The topological polar surface area (TPSA) is 67.2 Å². The second-order valence-corrected chi connectivity index (χ2v) is 9.12. The quantitative estimate of drug-likeness (QED) is 0.337. The lowest BCUT2D eigenvalue weighted by molar-refractivity contribution is -0.118. The van der Waals surface area contributed by atoms with Gasteiger partial charge in [0, 0.05) is 37.7 Å². The number of nitrogens with zero attached hydrogens (tertiary/aromatic N) is 3. The van der Waals surface area contributed by atoms with Gasteiger partial charge in [-0.15, -0.1) is 11.3 Å². The van der Waals surface area contributed by atoms with E-state index in [0.29, 0.717) is 17.1 Å². The Balaban J connectivity index is 1.49. The van der Waals surface area contributed by atoms with E-state index in [2.05, 4.69) is 27.3 Å². The molecule has 0 aliphatic heterocycles. The predicted molar refractivity (Wildman–Crippen MR) is 122 cm³/mol. The highest BCUT2D eigenvalue weighted by atomic mass is 32.2. The molecule has 0 saturated heterocycles. The number of thiophene rings is 1. The van der Waals surface area contributed by atoms with Gasteiger partial charge in [-0.1, -0.05) is 30.0 Å². The SMILES string of the molecule is Cc1sc2nc(SCC(=O)NCCCN(C)c3ccccc3)n(C)c(=O)c2c1C. The number of anilines is 1. The number of carbonyl (C=O) groups excluding carboxylic acids is 1. The Labute approximate surface area is 179 Å². The number of nitrogens with one attached hydrogen (secondary N) is 1. The summed E-state index contributed by atoms with van der Waals surface area (Å²) in [6, 6.07) is 10.2. The van der Waals surface area contributed by atoms with Gasteiger partial charge in [0.05, 0.1) is 11.1 Å². The van der Waals surface area contributed by atoms with Crippen LogP contribution in [0.4, 0.5) is 5.69 Å². The average molecular weight is 431 g/mol. The van der Waals surface area contributed by atoms with E-state index in [1.165, 1.54) is 27.7 Å². The summed E-state index contributed by atoms with van der Waals surface area (Å²) in [5.74, 6) is 0.189. The van der Waals surface area contributed by atoms with Crippen LogP contribution in [-0.4, -0.2) is 41.3 Å². The van der Waals surface area contributed by atoms with Gasteiger partial charge in [-0.25, -0.2) is 4.98 Å². The average Bonchev–Trinajstić information content (AvgIpc) is 3.01. The second-order valence-electron chi connectivity index (χ2n) is 6.97. The third-order valence-corrected chi connectivity index (χ3v) is 7.02. The number of amides is 1. The van der Waals surface area contributed by atoms with E-state index in [9.17, 15) is 9.59 Å². The van der Waals surface area contributed by atoms with E-state index in [0.717, 1.165) is 33.9 Å². The van der Waals surface area contributed by atoms with Crippen molar-refractivity contribution in [2.45, 2.75) is 25.4 Å². The van der Waals surface area contributed by atoms with Crippen molar-refractivity contribution in [3.63, 3.8) is 0 Å². The number of fused-ring (bicyclic) bond motifs is 1. The molecule has 6 nitrogen and oxygen atoms in total. The van der Waals surface area contributed by atoms with E-state index < -0.39 is 0 Å². The van der Waals surface area contributed by atoms with Crippen molar-refractivity contribution in [2.75, 3.05) is 30.8 Å². The highest BCUT2D eigenvalue weighted by Gasteiger charge is 2.15. The molecule has 2 heterocycles. The summed E-state index contributed by atoms with van der Waals surface area (Å²) in [6.07, 6.45) is 0.859. The van der Waals surface area contributed by atoms with Gasteiger partial charge < -0.3 is 10.2 Å².